The molecule has 1 saturated heterocycles. The molecule has 0 aliphatic carbocycles. The summed E-state index contributed by atoms with van der Waals surface area (Å²) < 4.78 is 0. The zero-order chi connectivity index (χ0) is 11.9. The maximum absolute atomic E-state index is 5.99. The summed E-state index contributed by atoms with van der Waals surface area (Å²) in [5.41, 5.74) is 6.85. The Morgan fingerprint density at radius 1 is 1.29 bits per heavy atom. The second-order valence-electron chi connectivity index (χ2n) is 4.29. The van der Waals surface area contributed by atoms with Crippen LogP contribution in [0.25, 0.3) is 0 Å². The van der Waals surface area contributed by atoms with E-state index in [1.54, 1.807) is 6.20 Å². The van der Waals surface area contributed by atoms with Gasteiger partial charge in [0.25, 0.3) is 0 Å². The minimum Gasteiger partial charge on any atom is -0.370 e. The minimum atomic E-state index is 0.510. The molecule has 17 heavy (non-hydrogen) atoms. The van der Waals surface area contributed by atoms with Crippen LogP contribution >= 0.6 is 0 Å². The molecule has 2 rings (SSSR count). The molecule has 0 bridgehead atoms. The molecule has 0 radical (unpaired) electrons. The first-order valence-electron chi connectivity index (χ1n) is 6.18. The molecule has 0 saturated carbocycles. The van der Waals surface area contributed by atoms with E-state index in [0.717, 1.165) is 18.8 Å². The van der Waals surface area contributed by atoms with Crippen LogP contribution in [0.3, 0.4) is 0 Å². The second kappa shape index (κ2) is 6.18. The molecule has 5 heteroatoms. The normalized spacial score (nSPS) is 17.9. The number of likely N-dealkylation sites (tertiary alicyclic amines) is 1. The fourth-order valence-corrected chi connectivity index (χ4v) is 1.98. The van der Waals surface area contributed by atoms with Gasteiger partial charge < -0.3 is 10.6 Å². The Morgan fingerprint density at radius 3 is 2.71 bits per heavy atom. The number of aliphatic imine (C=N–C) groups is 1. The van der Waals surface area contributed by atoms with Gasteiger partial charge >= 0.3 is 0 Å². The van der Waals surface area contributed by atoms with Crippen LogP contribution in [0.2, 0.25) is 0 Å². The van der Waals surface area contributed by atoms with Crippen molar-refractivity contribution in [3.8, 4) is 0 Å². The lowest BCUT2D eigenvalue weighted by molar-refractivity contribution is 0.428. The monoisotopic (exact) mass is 233 g/mol. The van der Waals surface area contributed by atoms with Gasteiger partial charge in [0, 0.05) is 19.3 Å². The second-order valence-corrected chi connectivity index (χ2v) is 4.29. The molecule has 1 fully saturated rings. The summed E-state index contributed by atoms with van der Waals surface area (Å²) >= 11 is 0. The lowest BCUT2D eigenvalue weighted by Gasteiger charge is -2.20. The zero-order valence-electron chi connectivity index (χ0n) is 10.0. The maximum atomic E-state index is 5.99. The molecule has 1 aliphatic rings. The van der Waals surface area contributed by atoms with Gasteiger partial charge in [-0.2, -0.15) is 10.2 Å². The van der Waals surface area contributed by atoms with E-state index in [9.17, 15) is 0 Å². The Bertz CT molecular complexity index is 354. The summed E-state index contributed by atoms with van der Waals surface area (Å²) in [4.78, 5) is 6.55. The fourth-order valence-electron chi connectivity index (χ4n) is 1.98. The van der Waals surface area contributed by atoms with E-state index in [0.29, 0.717) is 12.5 Å². The van der Waals surface area contributed by atoms with Crippen LogP contribution in [0.15, 0.2) is 23.3 Å². The van der Waals surface area contributed by atoms with Gasteiger partial charge in [0.2, 0.25) is 0 Å². The highest BCUT2D eigenvalue weighted by atomic mass is 15.2. The van der Waals surface area contributed by atoms with Gasteiger partial charge in [0.05, 0.1) is 12.2 Å². The summed E-state index contributed by atoms with van der Waals surface area (Å²) in [5, 5.41) is 7.80. The molecule has 0 aromatic carbocycles. The van der Waals surface area contributed by atoms with Gasteiger partial charge in [-0.25, -0.2) is 4.99 Å². The van der Waals surface area contributed by atoms with Gasteiger partial charge in [-0.05, 0) is 25.0 Å². The van der Waals surface area contributed by atoms with Crippen LogP contribution in [0, 0.1) is 0 Å². The summed E-state index contributed by atoms with van der Waals surface area (Å²) in [6, 6.07) is 3.77. The van der Waals surface area contributed by atoms with Gasteiger partial charge in [0.1, 0.15) is 0 Å². The molecule has 2 heterocycles. The fraction of sp³-hybridized carbons (Fsp3) is 0.583. The molecule has 0 amide bonds. The predicted octanol–water partition coefficient (Wildman–Crippen LogP) is 1.17. The molecular weight excluding hydrogens is 214 g/mol. The molecule has 1 aromatic heterocycles. The number of hydrogen-bond donors (Lipinski definition) is 1. The number of nitrogens with zero attached hydrogens (tertiary/aromatic N) is 4. The first-order chi connectivity index (χ1) is 8.36. The predicted molar refractivity (Wildman–Crippen MR) is 67.4 cm³/mol. The number of aromatic nitrogens is 2. The number of nitrogens with two attached hydrogens (primary N) is 1. The lowest BCUT2D eigenvalue weighted by atomic mass is 10.2. The third-order valence-corrected chi connectivity index (χ3v) is 2.96. The number of rotatable bonds is 2. The van der Waals surface area contributed by atoms with Crippen LogP contribution in [0.5, 0.6) is 0 Å². The highest BCUT2D eigenvalue weighted by Crippen LogP contribution is 2.09. The standard InChI is InChI=1S/C12H19N5/c13-12(17-8-3-1-2-4-9-17)14-10-11-6-5-7-15-16-11/h5-7H,1-4,8-10H2,(H2,13,14). The van der Waals surface area contributed by atoms with Crippen molar-refractivity contribution in [1.29, 1.82) is 0 Å². The van der Waals surface area contributed by atoms with Crippen LogP contribution in [-0.2, 0) is 6.54 Å². The Kier molecular flexibility index (Phi) is 4.30. The SMILES string of the molecule is NC(=NCc1cccnn1)N1CCCCCC1. The first kappa shape index (κ1) is 11.8. The van der Waals surface area contributed by atoms with Crippen molar-refractivity contribution < 1.29 is 0 Å². The van der Waals surface area contributed by atoms with E-state index in [4.69, 9.17) is 5.73 Å². The quantitative estimate of drug-likeness (QED) is 0.615. The van der Waals surface area contributed by atoms with Crippen molar-refractivity contribution in [2.45, 2.75) is 32.2 Å². The molecule has 2 N–H and O–H groups in total. The van der Waals surface area contributed by atoms with E-state index in [1.807, 2.05) is 12.1 Å². The smallest absolute Gasteiger partial charge is 0.191 e. The average molecular weight is 233 g/mol. The molecule has 0 spiro atoms. The summed E-state index contributed by atoms with van der Waals surface area (Å²) in [6.07, 6.45) is 6.68. The third kappa shape index (κ3) is 3.69. The number of guanidine groups is 1. The van der Waals surface area contributed by atoms with Gasteiger partial charge in [-0.3, -0.25) is 0 Å². The lowest BCUT2D eigenvalue weighted by Crippen LogP contribution is -2.38. The summed E-state index contributed by atoms with van der Waals surface area (Å²) in [6.45, 7) is 2.56. The minimum absolute atomic E-state index is 0.510. The van der Waals surface area contributed by atoms with Crippen LogP contribution in [-0.4, -0.2) is 34.1 Å². The van der Waals surface area contributed by atoms with Gasteiger partial charge in [-0.15, -0.1) is 0 Å². The number of hydrogen-bond acceptors (Lipinski definition) is 3. The average Bonchev–Trinajstić information content (AvgIpc) is 2.66. The Morgan fingerprint density at radius 2 is 2.06 bits per heavy atom. The van der Waals surface area contributed by atoms with E-state index >= 15 is 0 Å². The van der Waals surface area contributed by atoms with Crippen molar-refractivity contribution in [1.82, 2.24) is 15.1 Å². The van der Waals surface area contributed by atoms with E-state index in [1.165, 1.54) is 25.7 Å². The van der Waals surface area contributed by atoms with Gasteiger partial charge in [0.15, 0.2) is 5.96 Å². The zero-order valence-corrected chi connectivity index (χ0v) is 10.0. The molecule has 1 aliphatic heterocycles. The first-order valence-corrected chi connectivity index (χ1v) is 6.18. The highest BCUT2D eigenvalue weighted by Gasteiger charge is 2.10. The summed E-state index contributed by atoms with van der Waals surface area (Å²) in [5.74, 6) is 0.637. The summed E-state index contributed by atoms with van der Waals surface area (Å²) in [7, 11) is 0. The van der Waals surface area contributed by atoms with Crippen molar-refractivity contribution in [3.63, 3.8) is 0 Å². The highest BCUT2D eigenvalue weighted by molar-refractivity contribution is 5.78. The molecule has 5 nitrogen and oxygen atoms in total. The topological polar surface area (TPSA) is 67.4 Å². The Labute approximate surface area is 102 Å². The maximum Gasteiger partial charge on any atom is 0.191 e. The van der Waals surface area contributed by atoms with Crippen molar-refractivity contribution in [3.05, 3.63) is 24.0 Å². The van der Waals surface area contributed by atoms with Gasteiger partial charge in [-0.1, -0.05) is 12.8 Å². The molecule has 0 unspecified atom stereocenters. The third-order valence-electron chi connectivity index (χ3n) is 2.96. The Balaban J connectivity index is 1.91. The van der Waals surface area contributed by atoms with Crippen molar-refractivity contribution in [2.75, 3.05) is 13.1 Å². The van der Waals surface area contributed by atoms with Crippen molar-refractivity contribution >= 4 is 5.96 Å². The Hall–Kier alpha value is -1.65. The van der Waals surface area contributed by atoms with Crippen LogP contribution < -0.4 is 5.73 Å². The largest absolute Gasteiger partial charge is 0.370 e. The molecule has 92 valence electrons. The molecule has 0 atom stereocenters. The molecular formula is C12H19N5. The van der Waals surface area contributed by atoms with E-state index in [-0.39, 0.29) is 0 Å². The van der Waals surface area contributed by atoms with Crippen LogP contribution in [0.4, 0.5) is 0 Å². The molecule has 1 aromatic rings. The van der Waals surface area contributed by atoms with Crippen LogP contribution in [0.1, 0.15) is 31.4 Å². The van der Waals surface area contributed by atoms with E-state index < -0.39 is 0 Å². The van der Waals surface area contributed by atoms with Crippen molar-refractivity contribution in [2.24, 2.45) is 10.7 Å². The van der Waals surface area contributed by atoms with E-state index in [2.05, 4.69) is 20.1 Å².